The average molecular weight is 231 g/mol. The molecule has 0 amide bonds. The van der Waals surface area contributed by atoms with Gasteiger partial charge in [0.05, 0.1) is 0 Å². The highest BCUT2D eigenvalue weighted by atomic mass is 14.9. The highest BCUT2D eigenvalue weighted by Crippen LogP contribution is 2.46. The molecule has 0 spiro atoms. The first kappa shape index (κ1) is 11.1. The zero-order valence-corrected chi connectivity index (χ0v) is 10.9. The molecule has 2 N–H and O–H groups in total. The van der Waals surface area contributed by atoms with Crippen molar-refractivity contribution >= 4 is 0 Å². The van der Waals surface area contributed by atoms with Gasteiger partial charge in [0, 0.05) is 29.4 Å². The number of fused-ring (bicyclic) bond motifs is 1. The van der Waals surface area contributed by atoms with Crippen LogP contribution in [0, 0.1) is 11.3 Å². The number of nitrogens with two attached hydrogens (primary N) is 1. The van der Waals surface area contributed by atoms with Gasteiger partial charge < -0.3 is 5.73 Å². The summed E-state index contributed by atoms with van der Waals surface area (Å²) in [5.41, 5.74) is 8.84. The summed E-state index contributed by atoms with van der Waals surface area (Å²) in [7, 11) is 0. The van der Waals surface area contributed by atoms with E-state index in [2.05, 4.69) is 25.8 Å². The van der Waals surface area contributed by atoms with Gasteiger partial charge in [-0.25, -0.2) is 9.97 Å². The minimum Gasteiger partial charge on any atom is -0.324 e. The molecule has 0 bridgehead atoms. The van der Waals surface area contributed by atoms with E-state index in [0.717, 1.165) is 24.6 Å². The molecule has 1 fully saturated rings. The lowest BCUT2D eigenvalue weighted by molar-refractivity contribution is 0.277. The molecule has 1 saturated carbocycles. The molecule has 3 rings (SSSR count). The summed E-state index contributed by atoms with van der Waals surface area (Å²) in [5.74, 6) is 2.40. The van der Waals surface area contributed by atoms with Crippen LogP contribution in [0.2, 0.25) is 0 Å². The second-order valence-electron chi connectivity index (χ2n) is 6.60. The summed E-state index contributed by atoms with van der Waals surface area (Å²) in [4.78, 5) is 9.29. The Morgan fingerprint density at radius 3 is 2.76 bits per heavy atom. The van der Waals surface area contributed by atoms with Crippen molar-refractivity contribution in [2.75, 3.05) is 0 Å². The van der Waals surface area contributed by atoms with Gasteiger partial charge in [0.25, 0.3) is 0 Å². The largest absolute Gasteiger partial charge is 0.324 e. The molecule has 3 nitrogen and oxygen atoms in total. The van der Waals surface area contributed by atoms with Gasteiger partial charge in [-0.3, -0.25) is 0 Å². The Morgan fingerprint density at radius 1 is 1.41 bits per heavy atom. The Morgan fingerprint density at radius 2 is 2.12 bits per heavy atom. The highest BCUT2D eigenvalue weighted by Gasteiger charge is 2.38. The molecule has 0 aromatic carbocycles. The number of nitrogens with zero attached hydrogens (tertiary/aromatic N) is 2. The fraction of sp³-hybridized carbons (Fsp3) is 0.714. The molecule has 1 aromatic heterocycles. The molecular weight excluding hydrogens is 210 g/mol. The molecule has 0 radical (unpaired) electrons. The summed E-state index contributed by atoms with van der Waals surface area (Å²) >= 11 is 0. The third-order valence-corrected chi connectivity index (χ3v) is 4.18. The van der Waals surface area contributed by atoms with Crippen molar-refractivity contribution in [1.29, 1.82) is 0 Å². The third kappa shape index (κ3) is 1.97. The van der Waals surface area contributed by atoms with Crippen molar-refractivity contribution in [2.45, 2.75) is 52.0 Å². The zero-order chi connectivity index (χ0) is 12.2. The predicted molar refractivity (Wildman–Crippen MR) is 67.6 cm³/mol. The van der Waals surface area contributed by atoms with E-state index in [1.54, 1.807) is 0 Å². The quantitative estimate of drug-likeness (QED) is 0.808. The maximum Gasteiger partial charge on any atom is 0.131 e. The Labute approximate surface area is 103 Å². The van der Waals surface area contributed by atoms with Crippen molar-refractivity contribution in [3.05, 3.63) is 23.3 Å². The van der Waals surface area contributed by atoms with Crippen LogP contribution >= 0.6 is 0 Å². The Bertz CT molecular complexity index is 453. The molecule has 3 atom stereocenters. The van der Waals surface area contributed by atoms with Crippen molar-refractivity contribution in [1.82, 2.24) is 9.97 Å². The van der Waals surface area contributed by atoms with Crippen LogP contribution in [-0.2, 0) is 6.42 Å². The van der Waals surface area contributed by atoms with Crippen LogP contribution in [0.25, 0.3) is 0 Å². The van der Waals surface area contributed by atoms with Gasteiger partial charge in [0.1, 0.15) is 5.82 Å². The number of aromatic nitrogens is 2. The molecule has 0 aliphatic heterocycles. The van der Waals surface area contributed by atoms with E-state index in [1.807, 2.05) is 6.20 Å². The van der Waals surface area contributed by atoms with E-state index in [9.17, 15) is 0 Å². The monoisotopic (exact) mass is 231 g/mol. The van der Waals surface area contributed by atoms with Gasteiger partial charge >= 0.3 is 0 Å². The molecule has 17 heavy (non-hydrogen) atoms. The SMILES string of the molecule is CC1CC1c1ncc2c(n1)CC(C)(C)CC2N. The van der Waals surface area contributed by atoms with Crippen LogP contribution in [0.5, 0.6) is 0 Å². The second kappa shape index (κ2) is 3.52. The fourth-order valence-corrected chi connectivity index (χ4v) is 2.98. The van der Waals surface area contributed by atoms with E-state index in [0.29, 0.717) is 5.92 Å². The van der Waals surface area contributed by atoms with Gasteiger partial charge in [-0.05, 0) is 30.6 Å². The first-order valence-corrected chi connectivity index (χ1v) is 6.57. The molecule has 1 heterocycles. The average Bonchev–Trinajstić information content (AvgIpc) is 2.92. The van der Waals surface area contributed by atoms with Crippen LogP contribution in [0.15, 0.2) is 6.20 Å². The minimum absolute atomic E-state index is 0.111. The minimum atomic E-state index is 0.111. The topological polar surface area (TPSA) is 51.8 Å². The standard InChI is InChI=1S/C14H21N3/c1-8-4-9(8)13-16-7-10-11(15)5-14(2,3)6-12(10)17-13/h7-9,11H,4-6,15H2,1-3H3. The first-order chi connectivity index (χ1) is 7.96. The molecule has 2 aliphatic carbocycles. The van der Waals surface area contributed by atoms with Crippen LogP contribution < -0.4 is 5.73 Å². The molecule has 1 aromatic rings. The predicted octanol–water partition coefficient (Wildman–Crippen LogP) is 2.57. The zero-order valence-electron chi connectivity index (χ0n) is 10.9. The van der Waals surface area contributed by atoms with E-state index in [4.69, 9.17) is 10.7 Å². The summed E-state index contributed by atoms with van der Waals surface area (Å²) in [6, 6.07) is 0.111. The molecule has 3 unspecified atom stereocenters. The Balaban J connectivity index is 1.96. The number of rotatable bonds is 1. The van der Waals surface area contributed by atoms with Crippen LogP contribution in [0.3, 0.4) is 0 Å². The molecule has 2 aliphatic rings. The van der Waals surface area contributed by atoms with Crippen molar-refractivity contribution < 1.29 is 0 Å². The lowest BCUT2D eigenvalue weighted by Crippen LogP contribution is -2.31. The van der Waals surface area contributed by atoms with Crippen molar-refractivity contribution in [2.24, 2.45) is 17.1 Å². The Kier molecular flexibility index (Phi) is 2.31. The van der Waals surface area contributed by atoms with Gasteiger partial charge in [-0.1, -0.05) is 20.8 Å². The van der Waals surface area contributed by atoms with E-state index >= 15 is 0 Å². The van der Waals surface area contributed by atoms with Crippen LogP contribution in [0.1, 0.15) is 62.7 Å². The molecule has 92 valence electrons. The normalized spacial score (nSPS) is 34.2. The summed E-state index contributed by atoms with van der Waals surface area (Å²) in [5, 5.41) is 0. The first-order valence-electron chi connectivity index (χ1n) is 6.57. The lowest BCUT2D eigenvalue weighted by Gasteiger charge is -2.34. The number of hydrogen-bond acceptors (Lipinski definition) is 3. The van der Waals surface area contributed by atoms with Gasteiger partial charge in [0.15, 0.2) is 0 Å². The molecule has 0 saturated heterocycles. The number of hydrogen-bond donors (Lipinski definition) is 1. The maximum atomic E-state index is 6.21. The van der Waals surface area contributed by atoms with Crippen LogP contribution in [0.4, 0.5) is 0 Å². The van der Waals surface area contributed by atoms with Crippen molar-refractivity contribution in [3.63, 3.8) is 0 Å². The molecular formula is C14H21N3. The van der Waals surface area contributed by atoms with Gasteiger partial charge in [0.2, 0.25) is 0 Å². The van der Waals surface area contributed by atoms with Gasteiger partial charge in [-0.2, -0.15) is 0 Å². The molecule has 3 heteroatoms. The highest BCUT2D eigenvalue weighted by molar-refractivity contribution is 5.27. The summed E-state index contributed by atoms with van der Waals surface area (Å²) < 4.78 is 0. The lowest BCUT2D eigenvalue weighted by atomic mass is 9.74. The summed E-state index contributed by atoms with van der Waals surface area (Å²) in [6.07, 6.45) is 5.28. The Hall–Kier alpha value is -0.960. The smallest absolute Gasteiger partial charge is 0.131 e. The van der Waals surface area contributed by atoms with E-state index in [-0.39, 0.29) is 11.5 Å². The van der Waals surface area contributed by atoms with Crippen molar-refractivity contribution in [3.8, 4) is 0 Å². The fourth-order valence-electron chi connectivity index (χ4n) is 2.98. The maximum absolute atomic E-state index is 6.21. The second-order valence-corrected chi connectivity index (χ2v) is 6.60. The van der Waals surface area contributed by atoms with E-state index in [1.165, 1.54) is 17.7 Å². The summed E-state index contributed by atoms with van der Waals surface area (Å²) in [6.45, 7) is 6.82. The van der Waals surface area contributed by atoms with Crippen LogP contribution in [-0.4, -0.2) is 9.97 Å². The van der Waals surface area contributed by atoms with Gasteiger partial charge in [-0.15, -0.1) is 0 Å². The third-order valence-electron chi connectivity index (χ3n) is 4.18. The van der Waals surface area contributed by atoms with E-state index < -0.39 is 0 Å².